The molecule has 1 fully saturated rings. The number of aromatic nitrogens is 1. The van der Waals surface area contributed by atoms with Crippen molar-refractivity contribution in [3.8, 4) is 0 Å². The maximum absolute atomic E-state index is 12.7. The van der Waals surface area contributed by atoms with Crippen molar-refractivity contribution in [3.05, 3.63) is 42.1 Å². The summed E-state index contributed by atoms with van der Waals surface area (Å²) in [5, 5.41) is 3.80. The van der Waals surface area contributed by atoms with Crippen molar-refractivity contribution in [2.75, 3.05) is 6.54 Å². The van der Waals surface area contributed by atoms with Crippen LogP contribution in [-0.2, 0) is 19.1 Å². The van der Waals surface area contributed by atoms with Gasteiger partial charge in [-0.05, 0) is 38.4 Å². The van der Waals surface area contributed by atoms with Gasteiger partial charge in [0.25, 0.3) is 0 Å². The predicted octanol–water partition coefficient (Wildman–Crippen LogP) is 1.83. The number of rotatable bonds is 6. The zero-order valence-electron chi connectivity index (χ0n) is 14.9. The zero-order chi connectivity index (χ0) is 19.4. The van der Waals surface area contributed by atoms with Crippen LogP contribution in [0.2, 0.25) is 0 Å². The normalized spacial score (nSPS) is 17.4. The Balaban J connectivity index is 1.71. The van der Waals surface area contributed by atoms with Gasteiger partial charge in [0.1, 0.15) is 17.5 Å². The molecule has 7 nitrogen and oxygen atoms in total. The second kappa shape index (κ2) is 8.18. The largest absolute Gasteiger partial charge is 0.392 e. The molecule has 0 amide bonds. The number of pyridine rings is 1. The number of benzene rings is 1. The summed E-state index contributed by atoms with van der Waals surface area (Å²) >= 11 is 0. The highest BCUT2D eigenvalue weighted by molar-refractivity contribution is 6.11. The number of para-hydroxylation sites is 1. The topological polar surface area (TPSA) is 102 Å². The molecule has 1 aliphatic heterocycles. The second-order valence-corrected chi connectivity index (χ2v) is 6.56. The SMILES string of the molecule is CC(=O)C(CC(=O)OC(=O)[C@@H]1CCCN1)C(=O)c1ccc2ccccc2n1. The van der Waals surface area contributed by atoms with Gasteiger partial charge in [0.15, 0.2) is 5.78 Å². The fraction of sp³-hybridized carbons (Fsp3) is 0.350. The van der Waals surface area contributed by atoms with Gasteiger partial charge in [-0.15, -0.1) is 0 Å². The van der Waals surface area contributed by atoms with E-state index in [4.69, 9.17) is 4.74 Å². The smallest absolute Gasteiger partial charge is 0.330 e. The maximum atomic E-state index is 12.7. The summed E-state index contributed by atoms with van der Waals surface area (Å²) in [4.78, 5) is 52.9. The van der Waals surface area contributed by atoms with Crippen LogP contribution in [0.5, 0.6) is 0 Å². The molecule has 0 bridgehead atoms. The third kappa shape index (κ3) is 4.43. The quantitative estimate of drug-likeness (QED) is 0.471. The maximum Gasteiger partial charge on any atom is 0.330 e. The standard InChI is InChI=1S/C20H20N2O5/c1-12(23)14(11-18(24)27-20(26)17-7-4-10-21-17)19(25)16-9-8-13-5-2-3-6-15(13)22-16/h2-3,5-6,8-9,14,17,21H,4,7,10-11H2,1H3/t14?,17-/m0/s1. The predicted molar refractivity (Wildman–Crippen MR) is 97.0 cm³/mol. The average Bonchev–Trinajstić information content (AvgIpc) is 3.20. The summed E-state index contributed by atoms with van der Waals surface area (Å²) in [6, 6.07) is 10.0. The summed E-state index contributed by atoms with van der Waals surface area (Å²) in [5.74, 6) is -3.82. The lowest BCUT2D eigenvalue weighted by Crippen LogP contribution is -2.35. The Morgan fingerprint density at radius 1 is 1.19 bits per heavy atom. The molecule has 0 aliphatic carbocycles. The molecule has 0 radical (unpaired) electrons. The molecular formula is C20H20N2O5. The van der Waals surface area contributed by atoms with E-state index in [2.05, 4.69) is 10.3 Å². The highest BCUT2D eigenvalue weighted by Crippen LogP contribution is 2.18. The van der Waals surface area contributed by atoms with E-state index in [1.807, 2.05) is 12.1 Å². The molecule has 7 heteroatoms. The first-order valence-corrected chi connectivity index (χ1v) is 8.84. The number of carbonyl (C=O) groups excluding carboxylic acids is 4. The number of ether oxygens (including phenoxy) is 1. The average molecular weight is 368 g/mol. The van der Waals surface area contributed by atoms with Gasteiger partial charge < -0.3 is 10.1 Å². The molecule has 1 aromatic heterocycles. The first-order valence-electron chi connectivity index (χ1n) is 8.84. The summed E-state index contributed by atoms with van der Waals surface area (Å²) in [6.07, 6.45) is 0.944. The Morgan fingerprint density at radius 3 is 2.67 bits per heavy atom. The van der Waals surface area contributed by atoms with E-state index in [9.17, 15) is 19.2 Å². The number of esters is 2. The number of hydrogen-bond donors (Lipinski definition) is 1. The summed E-state index contributed by atoms with van der Waals surface area (Å²) in [6.45, 7) is 1.92. The first kappa shape index (κ1) is 18.8. The molecule has 2 aromatic rings. The van der Waals surface area contributed by atoms with E-state index in [0.29, 0.717) is 18.5 Å². The zero-order valence-corrected chi connectivity index (χ0v) is 14.9. The van der Waals surface area contributed by atoms with Crippen LogP contribution in [0.3, 0.4) is 0 Å². The van der Waals surface area contributed by atoms with Gasteiger partial charge in [0, 0.05) is 5.39 Å². The molecule has 0 saturated carbocycles. The second-order valence-electron chi connectivity index (χ2n) is 6.56. The minimum atomic E-state index is -1.23. The third-order valence-electron chi connectivity index (χ3n) is 4.59. The Bertz CT molecular complexity index is 902. The van der Waals surface area contributed by atoms with Crippen molar-refractivity contribution in [1.29, 1.82) is 0 Å². The highest BCUT2D eigenvalue weighted by Gasteiger charge is 2.31. The van der Waals surface area contributed by atoms with Gasteiger partial charge in [0.05, 0.1) is 17.9 Å². The Hall–Kier alpha value is -2.93. The molecule has 1 aromatic carbocycles. The molecular weight excluding hydrogens is 348 g/mol. The Morgan fingerprint density at radius 2 is 1.96 bits per heavy atom. The molecule has 1 aliphatic rings. The van der Waals surface area contributed by atoms with Crippen molar-refractivity contribution in [3.63, 3.8) is 0 Å². The number of hydrogen-bond acceptors (Lipinski definition) is 7. The lowest BCUT2D eigenvalue weighted by molar-refractivity contribution is -0.162. The van der Waals surface area contributed by atoms with Gasteiger partial charge in [0.2, 0.25) is 0 Å². The first-order chi connectivity index (χ1) is 13.0. The molecule has 2 atom stereocenters. The van der Waals surface area contributed by atoms with Gasteiger partial charge in [-0.2, -0.15) is 0 Å². The van der Waals surface area contributed by atoms with Crippen LogP contribution in [0.4, 0.5) is 0 Å². The fourth-order valence-corrected chi connectivity index (χ4v) is 3.08. The summed E-state index contributed by atoms with van der Waals surface area (Å²) in [7, 11) is 0. The van der Waals surface area contributed by atoms with E-state index in [1.165, 1.54) is 13.0 Å². The number of nitrogens with one attached hydrogen (secondary N) is 1. The van der Waals surface area contributed by atoms with Crippen molar-refractivity contribution in [1.82, 2.24) is 10.3 Å². The molecule has 1 N–H and O–H groups in total. The van der Waals surface area contributed by atoms with Gasteiger partial charge in [-0.1, -0.05) is 24.3 Å². The van der Waals surface area contributed by atoms with E-state index in [0.717, 1.165) is 11.8 Å². The van der Waals surface area contributed by atoms with Gasteiger partial charge in [-0.3, -0.25) is 14.4 Å². The van der Waals surface area contributed by atoms with Crippen LogP contribution in [0, 0.1) is 5.92 Å². The van der Waals surface area contributed by atoms with Crippen molar-refractivity contribution in [2.24, 2.45) is 5.92 Å². The van der Waals surface area contributed by atoms with E-state index in [1.54, 1.807) is 18.2 Å². The lowest BCUT2D eigenvalue weighted by atomic mass is 9.93. The van der Waals surface area contributed by atoms with Gasteiger partial charge >= 0.3 is 11.9 Å². The Kier molecular flexibility index (Phi) is 5.71. The van der Waals surface area contributed by atoms with Crippen LogP contribution < -0.4 is 5.32 Å². The van der Waals surface area contributed by atoms with Crippen molar-refractivity contribution in [2.45, 2.75) is 32.2 Å². The number of fused-ring (bicyclic) bond motifs is 1. The number of carbonyl (C=O) groups is 4. The molecule has 1 saturated heterocycles. The van der Waals surface area contributed by atoms with E-state index >= 15 is 0 Å². The fourth-order valence-electron chi connectivity index (χ4n) is 3.08. The summed E-state index contributed by atoms with van der Waals surface area (Å²) < 4.78 is 4.81. The summed E-state index contributed by atoms with van der Waals surface area (Å²) in [5.41, 5.74) is 0.723. The number of Topliss-reactive ketones (excluding diaryl/α,β-unsaturated/α-hetero) is 2. The molecule has 27 heavy (non-hydrogen) atoms. The lowest BCUT2D eigenvalue weighted by Gasteiger charge is -2.13. The van der Waals surface area contributed by atoms with Crippen molar-refractivity contribution < 1.29 is 23.9 Å². The molecule has 0 spiro atoms. The minimum Gasteiger partial charge on any atom is -0.392 e. The van der Waals surface area contributed by atoms with Crippen LogP contribution in [0.15, 0.2) is 36.4 Å². The van der Waals surface area contributed by atoms with Crippen LogP contribution in [0.1, 0.15) is 36.7 Å². The van der Waals surface area contributed by atoms with E-state index in [-0.39, 0.29) is 5.69 Å². The van der Waals surface area contributed by atoms with Crippen LogP contribution in [0.25, 0.3) is 10.9 Å². The molecule has 140 valence electrons. The Labute approximate surface area is 156 Å². The number of ketones is 2. The van der Waals surface area contributed by atoms with E-state index < -0.39 is 41.9 Å². The minimum absolute atomic E-state index is 0.102. The molecule has 3 rings (SSSR count). The monoisotopic (exact) mass is 368 g/mol. The van der Waals surface area contributed by atoms with Gasteiger partial charge in [-0.25, -0.2) is 9.78 Å². The molecule has 2 heterocycles. The highest BCUT2D eigenvalue weighted by atomic mass is 16.6. The van der Waals surface area contributed by atoms with Crippen LogP contribution >= 0.6 is 0 Å². The molecule has 1 unspecified atom stereocenters. The number of nitrogens with zero attached hydrogens (tertiary/aromatic N) is 1. The third-order valence-corrected chi connectivity index (χ3v) is 4.59. The van der Waals surface area contributed by atoms with Crippen LogP contribution in [-0.4, -0.2) is 41.1 Å². The van der Waals surface area contributed by atoms with Crippen molar-refractivity contribution >= 4 is 34.4 Å².